The molecule has 3 N–H and O–H groups in total. The summed E-state index contributed by atoms with van der Waals surface area (Å²) in [6.07, 6.45) is 6.59. The van der Waals surface area contributed by atoms with Gasteiger partial charge in [-0.15, -0.1) is 0 Å². The fourth-order valence-electron chi connectivity index (χ4n) is 1.72. The van der Waals surface area contributed by atoms with Crippen molar-refractivity contribution in [2.24, 2.45) is 0 Å². The van der Waals surface area contributed by atoms with Gasteiger partial charge >= 0.3 is 0 Å². The highest BCUT2D eigenvalue weighted by Crippen LogP contribution is 2.11. The number of H-pyrrole nitrogens is 1. The van der Waals surface area contributed by atoms with Crippen LogP contribution in [-0.4, -0.2) is 41.3 Å². The van der Waals surface area contributed by atoms with E-state index in [1.165, 1.54) is 6.20 Å². The molecule has 2 rings (SSSR count). The van der Waals surface area contributed by atoms with Gasteiger partial charge < -0.3 is 9.88 Å². The first-order valence-electron chi connectivity index (χ1n) is 6.32. The van der Waals surface area contributed by atoms with E-state index >= 15 is 0 Å². The van der Waals surface area contributed by atoms with Gasteiger partial charge in [0.2, 0.25) is 0 Å². The molecule has 0 aliphatic carbocycles. The summed E-state index contributed by atoms with van der Waals surface area (Å²) in [6.45, 7) is 4.00. The largest absolute Gasteiger partial charge is 0.336 e. The van der Waals surface area contributed by atoms with E-state index < -0.39 is 10.0 Å². The van der Waals surface area contributed by atoms with Gasteiger partial charge in [0, 0.05) is 37.6 Å². The maximum atomic E-state index is 12.2. The Morgan fingerprint density at radius 2 is 2.30 bits per heavy atom. The Bertz CT molecular complexity index is 619. The van der Waals surface area contributed by atoms with Gasteiger partial charge in [0.05, 0.1) is 12.5 Å². The number of nitrogens with one attached hydrogen (secondary N) is 3. The molecule has 0 bridgehead atoms. The van der Waals surface area contributed by atoms with Crippen LogP contribution >= 0.6 is 0 Å². The third-order valence-electron chi connectivity index (χ3n) is 2.73. The molecule has 2 aromatic rings. The third-order valence-corrected chi connectivity index (χ3v) is 4.21. The second-order valence-corrected chi connectivity index (χ2v) is 5.91. The van der Waals surface area contributed by atoms with E-state index in [4.69, 9.17) is 0 Å². The van der Waals surface area contributed by atoms with Gasteiger partial charge in [0.15, 0.2) is 5.03 Å². The summed E-state index contributed by atoms with van der Waals surface area (Å²) >= 11 is 0. The molecule has 0 saturated heterocycles. The van der Waals surface area contributed by atoms with Crippen molar-refractivity contribution in [3.8, 4) is 0 Å². The number of nitrogens with zero attached hydrogens (tertiary/aromatic N) is 3. The summed E-state index contributed by atoms with van der Waals surface area (Å²) in [6, 6.07) is 0. The Kier molecular flexibility index (Phi) is 4.88. The van der Waals surface area contributed by atoms with Crippen LogP contribution in [0.4, 0.5) is 0 Å². The smallest absolute Gasteiger partial charge is 0.257 e. The van der Waals surface area contributed by atoms with Gasteiger partial charge in [-0.05, 0) is 6.54 Å². The van der Waals surface area contributed by atoms with Crippen LogP contribution in [0.25, 0.3) is 0 Å². The molecule has 0 amide bonds. The van der Waals surface area contributed by atoms with Crippen molar-refractivity contribution >= 4 is 10.0 Å². The van der Waals surface area contributed by atoms with E-state index in [9.17, 15) is 8.42 Å². The molecule has 0 spiro atoms. The summed E-state index contributed by atoms with van der Waals surface area (Å²) in [5.74, 6) is 0. The second-order valence-electron chi connectivity index (χ2n) is 4.20. The molecule has 0 unspecified atom stereocenters. The lowest BCUT2D eigenvalue weighted by atomic mass is 10.3. The van der Waals surface area contributed by atoms with Crippen LogP contribution in [0.1, 0.15) is 12.5 Å². The molecule has 2 heterocycles. The van der Waals surface area contributed by atoms with E-state index in [-0.39, 0.29) is 5.03 Å². The summed E-state index contributed by atoms with van der Waals surface area (Å²) < 4.78 is 28.7. The Morgan fingerprint density at radius 3 is 3.00 bits per heavy atom. The van der Waals surface area contributed by atoms with Gasteiger partial charge in [0.25, 0.3) is 10.0 Å². The maximum absolute atomic E-state index is 12.2. The normalized spacial score (nSPS) is 11.8. The van der Waals surface area contributed by atoms with Crippen molar-refractivity contribution in [1.29, 1.82) is 0 Å². The van der Waals surface area contributed by atoms with Gasteiger partial charge in [-0.2, -0.15) is 5.10 Å². The zero-order valence-corrected chi connectivity index (χ0v) is 12.0. The highest BCUT2D eigenvalue weighted by Gasteiger charge is 2.19. The van der Waals surface area contributed by atoms with Crippen LogP contribution in [0.2, 0.25) is 0 Å². The quantitative estimate of drug-likeness (QED) is 0.620. The molecule has 0 fully saturated rings. The van der Waals surface area contributed by atoms with Crippen molar-refractivity contribution < 1.29 is 8.42 Å². The number of imidazole rings is 1. The van der Waals surface area contributed by atoms with Crippen molar-refractivity contribution in [2.75, 3.05) is 13.1 Å². The van der Waals surface area contributed by atoms with Gasteiger partial charge in [0.1, 0.15) is 0 Å². The number of hydrogen-bond acceptors (Lipinski definition) is 5. The zero-order chi connectivity index (χ0) is 14.4. The second kappa shape index (κ2) is 6.64. The first-order valence-corrected chi connectivity index (χ1v) is 7.80. The van der Waals surface area contributed by atoms with Crippen LogP contribution < -0.4 is 10.0 Å². The average Bonchev–Trinajstić information content (AvgIpc) is 3.07. The number of aromatic nitrogens is 4. The Labute approximate surface area is 117 Å². The molecule has 0 saturated carbocycles. The first kappa shape index (κ1) is 14.7. The minimum Gasteiger partial charge on any atom is -0.336 e. The predicted molar refractivity (Wildman–Crippen MR) is 73.4 cm³/mol. The summed E-state index contributed by atoms with van der Waals surface area (Å²) in [5, 5.41) is 9.53. The number of rotatable bonds is 8. The van der Waals surface area contributed by atoms with Crippen molar-refractivity contribution in [2.45, 2.75) is 25.0 Å². The number of sulfonamides is 1. The third kappa shape index (κ3) is 3.65. The molecule has 0 aromatic carbocycles. The summed E-state index contributed by atoms with van der Waals surface area (Å²) in [5.41, 5.74) is 0.627. The number of hydrogen-bond donors (Lipinski definition) is 3. The van der Waals surface area contributed by atoms with Crippen LogP contribution in [-0.2, 0) is 23.1 Å². The molecule has 0 aliphatic heterocycles. The van der Waals surface area contributed by atoms with Gasteiger partial charge in [-0.25, -0.2) is 18.1 Å². The van der Waals surface area contributed by atoms with Crippen LogP contribution in [0.3, 0.4) is 0 Å². The van der Waals surface area contributed by atoms with Crippen LogP contribution in [0.15, 0.2) is 29.9 Å². The molecule has 8 nitrogen and oxygen atoms in total. The van der Waals surface area contributed by atoms with E-state index in [1.807, 2.05) is 6.92 Å². The molecule has 110 valence electrons. The monoisotopic (exact) mass is 298 g/mol. The van der Waals surface area contributed by atoms with Crippen molar-refractivity contribution in [3.63, 3.8) is 0 Å². The van der Waals surface area contributed by atoms with E-state index in [1.54, 1.807) is 23.3 Å². The summed E-state index contributed by atoms with van der Waals surface area (Å²) in [7, 11) is -3.57. The topological polar surface area (TPSA) is 105 Å². The molecule has 20 heavy (non-hydrogen) atoms. The molecular formula is C11H18N6O2S. The predicted octanol–water partition coefficient (Wildman–Crippen LogP) is -0.306. The lowest BCUT2D eigenvalue weighted by Gasteiger charge is -2.07. The zero-order valence-electron chi connectivity index (χ0n) is 11.2. The highest BCUT2D eigenvalue weighted by molar-refractivity contribution is 7.89. The van der Waals surface area contributed by atoms with Crippen molar-refractivity contribution in [1.82, 2.24) is 29.8 Å². The fourth-order valence-corrected chi connectivity index (χ4v) is 2.87. The van der Waals surface area contributed by atoms with Crippen LogP contribution in [0, 0.1) is 0 Å². The lowest BCUT2D eigenvalue weighted by Crippen LogP contribution is -2.28. The SMILES string of the molecule is CCNCc1cn[nH]c1S(=O)(=O)NCCn1ccnc1. The Morgan fingerprint density at radius 1 is 1.45 bits per heavy atom. The Hall–Kier alpha value is -1.71. The number of aromatic amines is 1. The maximum Gasteiger partial charge on any atom is 0.257 e. The van der Waals surface area contributed by atoms with Gasteiger partial charge in [-0.3, -0.25) is 5.10 Å². The molecule has 0 aliphatic rings. The molecule has 2 aromatic heterocycles. The van der Waals surface area contributed by atoms with Crippen LogP contribution in [0.5, 0.6) is 0 Å². The van der Waals surface area contributed by atoms with E-state index in [2.05, 4.69) is 25.2 Å². The molecule has 0 atom stereocenters. The molecule has 9 heteroatoms. The molecular weight excluding hydrogens is 280 g/mol. The van der Waals surface area contributed by atoms with E-state index in [0.29, 0.717) is 25.2 Å². The fraction of sp³-hybridized carbons (Fsp3) is 0.455. The standard InChI is InChI=1S/C11H18N6O2S/c1-2-12-7-10-8-14-16-11(10)20(18,19)15-4-6-17-5-3-13-9-17/h3,5,8-9,12,15H,2,4,6-7H2,1H3,(H,14,16). The summed E-state index contributed by atoms with van der Waals surface area (Å²) in [4.78, 5) is 3.90. The minimum atomic E-state index is -3.57. The lowest BCUT2D eigenvalue weighted by molar-refractivity contribution is 0.566. The first-order chi connectivity index (χ1) is 9.63. The average molecular weight is 298 g/mol. The Balaban J connectivity index is 1.97. The van der Waals surface area contributed by atoms with Crippen molar-refractivity contribution in [3.05, 3.63) is 30.5 Å². The minimum absolute atomic E-state index is 0.115. The highest BCUT2D eigenvalue weighted by atomic mass is 32.2. The van der Waals surface area contributed by atoms with E-state index in [0.717, 1.165) is 6.54 Å². The molecule has 0 radical (unpaired) electrons. The van der Waals surface area contributed by atoms with Gasteiger partial charge in [-0.1, -0.05) is 6.92 Å².